The van der Waals surface area contributed by atoms with Crippen molar-refractivity contribution >= 4 is 22.6 Å². The quantitative estimate of drug-likeness (QED) is 0.513. The van der Waals surface area contributed by atoms with Crippen molar-refractivity contribution in [2.45, 2.75) is 32.7 Å². The lowest BCUT2D eigenvalue weighted by Gasteiger charge is -2.28. The number of benzene rings is 2. The second kappa shape index (κ2) is 8.22. The fourth-order valence-electron chi connectivity index (χ4n) is 3.91. The number of amides is 1. The van der Waals surface area contributed by atoms with E-state index in [0.717, 1.165) is 35.2 Å². The maximum Gasteiger partial charge on any atom is 0.316 e. The fraction of sp³-hybridized carbons (Fsp3) is 0.304. The Bertz CT molecular complexity index is 1200. The minimum absolute atomic E-state index is 0.0675. The van der Waals surface area contributed by atoms with Crippen LogP contribution in [0.4, 0.5) is 5.69 Å². The molecule has 3 heterocycles. The Morgan fingerprint density at radius 2 is 1.90 bits per heavy atom. The largest absolute Gasteiger partial charge is 0.372 e. The third-order valence-electron chi connectivity index (χ3n) is 5.57. The number of hydrogen-bond donors (Lipinski definition) is 2. The van der Waals surface area contributed by atoms with E-state index in [2.05, 4.69) is 42.5 Å². The zero-order valence-corrected chi connectivity index (χ0v) is 17.4. The normalized spacial score (nSPS) is 14.2. The highest BCUT2D eigenvalue weighted by Gasteiger charge is 2.17. The second-order valence-corrected chi connectivity index (χ2v) is 7.90. The van der Waals surface area contributed by atoms with Crippen LogP contribution in [0.5, 0.6) is 0 Å². The van der Waals surface area contributed by atoms with E-state index in [4.69, 9.17) is 4.52 Å². The van der Waals surface area contributed by atoms with Crippen molar-refractivity contribution in [1.29, 1.82) is 0 Å². The van der Waals surface area contributed by atoms with Gasteiger partial charge in [0.1, 0.15) is 5.82 Å². The second-order valence-electron chi connectivity index (χ2n) is 7.90. The molecule has 2 N–H and O–H groups in total. The van der Waals surface area contributed by atoms with Gasteiger partial charge in [-0.05, 0) is 68.1 Å². The third kappa shape index (κ3) is 4.14. The predicted molar refractivity (Wildman–Crippen MR) is 118 cm³/mol. The van der Waals surface area contributed by atoms with Gasteiger partial charge < -0.3 is 19.7 Å². The lowest BCUT2D eigenvalue weighted by molar-refractivity contribution is 0.0906. The Hall–Kier alpha value is -3.68. The first-order valence-electron chi connectivity index (χ1n) is 10.6. The summed E-state index contributed by atoms with van der Waals surface area (Å²) >= 11 is 0. The van der Waals surface area contributed by atoms with Crippen molar-refractivity contribution in [3.63, 3.8) is 0 Å². The predicted octanol–water partition coefficient (Wildman–Crippen LogP) is 3.84. The lowest BCUT2D eigenvalue weighted by Crippen LogP contribution is -2.29. The molecule has 4 aromatic rings. The van der Waals surface area contributed by atoms with E-state index in [1.807, 2.05) is 37.3 Å². The average Bonchev–Trinajstić information content (AvgIpc) is 3.45. The molecule has 0 unspecified atom stereocenters. The third-order valence-corrected chi connectivity index (χ3v) is 5.57. The summed E-state index contributed by atoms with van der Waals surface area (Å²) in [6.45, 7) is 4.46. The van der Waals surface area contributed by atoms with Crippen molar-refractivity contribution in [1.82, 2.24) is 25.4 Å². The summed E-state index contributed by atoms with van der Waals surface area (Å²) in [6, 6.07) is 14.0. The van der Waals surface area contributed by atoms with Gasteiger partial charge in [0.25, 0.3) is 0 Å². The molecule has 0 spiro atoms. The van der Waals surface area contributed by atoms with Crippen molar-refractivity contribution in [2.75, 3.05) is 18.0 Å². The van der Waals surface area contributed by atoms with Crippen LogP contribution >= 0.6 is 0 Å². The Labute approximate surface area is 179 Å². The molecule has 0 aliphatic carbocycles. The molecule has 1 aliphatic rings. The molecule has 2 aromatic carbocycles. The number of anilines is 1. The first-order valence-corrected chi connectivity index (χ1v) is 10.6. The fourth-order valence-corrected chi connectivity index (χ4v) is 3.91. The van der Waals surface area contributed by atoms with E-state index in [1.165, 1.54) is 24.9 Å². The van der Waals surface area contributed by atoms with Crippen molar-refractivity contribution < 1.29 is 9.32 Å². The van der Waals surface area contributed by atoms with Gasteiger partial charge in [-0.3, -0.25) is 4.79 Å². The molecule has 31 heavy (non-hydrogen) atoms. The molecular weight excluding hydrogens is 392 g/mol. The van der Waals surface area contributed by atoms with Crippen LogP contribution < -0.4 is 10.2 Å². The summed E-state index contributed by atoms with van der Waals surface area (Å²) in [7, 11) is 0. The monoisotopic (exact) mass is 416 g/mol. The van der Waals surface area contributed by atoms with Gasteiger partial charge in [0.15, 0.2) is 0 Å². The van der Waals surface area contributed by atoms with Crippen molar-refractivity contribution in [2.24, 2.45) is 0 Å². The van der Waals surface area contributed by atoms with Gasteiger partial charge >= 0.3 is 11.8 Å². The number of rotatable bonds is 5. The molecule has 2 aromatic heterocycles. The number of hydrogen-bond acceptors (Lipinski definition) is 6. The van der Waals surface area contributed by atoms with Gasteiger partial charge in [0.05, 0.1) is 17.6 Å². The number of fused-ring (bicyclic) bond motifs is 1. The number of imidazole rings is 1. The summed E-state index contributed by atoms with van der Waals surface area (Å²) in [5.41, 5.74) is 4.97. The minimum Gasteiger partial charge on any atom is -0.372 e. The molecule has 5 rings (SSSR count). The number of carbonyl (C=O) groups excluding carboxylic acids is 1. The van der Waals surface area contributed by atoms with Gasteiger partial charge in [-0.1, -0.05) is 11.2 Å². The Morgan fingerprint density at radius 1 is 1.10 bits per heavy atom. The molecular formula is C23H24N6O2. The number of aryl methyl sites for hydroxylation is 1. The van der Waals surface area contributed by atoms with Gasteiger partial charge in [-0.15, -0.1) is 0 Å². The Balaban J connectivity index is 1.23. The van der Waals surface area contributed by atoms with E-state index in [1.54, 1.807) is 0 Å². The summed E-state index contributed by atoms with van der Waals surface area (Å²) in [5, 5.41) is 6.74. The molecule has 0 radical (unpaired) electrons. The lowest BCUT2D eigenvalue weighted by atomic mass is 10.1. The number of aromatic amines is 1. The van der Waals surface area contributed by atoms with Crippen LogP contribution in [-0.2, 0) is 6.54 Å². The summed E-state index contributed by atoms with van der Waals surface area (Å²) < 4.78 is 5.18. The zero-order valence-electron chi connectivity index (χ0n) is 17.4. The van der Waals surface area contributed by atoms with Crippen LogP contribution in [0.25, 0.3) is 22.4 Å². The van der Waals surface area contributed by atoms with Gasteiger partial charge in [0.2, 0.25) is 5.82 Å². The minimum atomic E-state index is -0.430. The van der Waals surface area contributed by atoms with E-state index >= 15 is 0 Å². The Kier molecular flexibility index (Phi) is 5.11. The molecule has 0 bridgehead atoms. The van der Waals surface area contributed by atoms with Crippen LogP contribution in [-0.4, -0.2) is 39.1 Å². The molecule has 0 saturated carbocycles. The molecule has 8 nitrogen and oxygen atoms in total. The number of H-pyrrole nitrogens is 1. The topological polar surface area (TPSA) is 99.9 Å². The SMILES string of the molecule is Cc1ccc2nc(CNC(=O)c3nc(-c4ccc(N5CCCCC5)cc4)no3)[nH]c2c1. The van der Waals surface area contributed by atoms with Gasteiger partial charge in [-0.25, -0.2) is 4.98 Å². The molecule has 8 heteroatoms. The van der Waals surface area contributed by atoms with Gasteiger partial charge in [0, 0.05) is 24.3 Å². The highest BCUT2D eigenvalue weighted by atomic mass is 16.5. The zero-order chi connectivity index (χ0) is 21.2. The average molecular weight is 416 g/mol. The van der Waals surface area contributed by atoms with Crippen LogP contribution in [0.1, 0.15) is 41.3 Å². The molecule has 0 atom stereocenters. The van der Waals surface area contributed by atoms with Crippen LogP contribution in [0, 0.1) is 6.92 Å². The maximum atomic E-state index is 12.4. The highest BCUT2D eigenvalue weighted by molar-refractivity contribution is 5.89. The van der Waals surface area contributed by atoms with E-state index in [-0.39, 0.29) is 12.4 Å². The number of aromatic nitrogens is 4. The Morgan fingerprint density at radius 3 is 2.71 bits per heavy atom. The number of piperidine rings is 1. The summed E-state index contributed by atoms with van der Waals surface area (Å²) in [6.07, 6.45) is 3.77. The van der Waals surface area contributed by atoms with E-state index in [9.17, 15) is 4.79 Å². The molecule has 1 saturated heterocycles. The smallest absolute Gasteiger partial charge is 0.316 e. The van der Waals surface area contributed by atoms with E-state index < -0.39 is 5.91 Å². The number of carbonyl (C=O) groups is 1. The molecule has 158 valence electrons. The van der Waals surface area contributed by atoms with Crippen LogP contribution in [0.3, 0.4) is 0 Å². The first-order chi connectivity index (χ1) is 15.2. The number of nitrogens with zero attached hydrogens (tertiary/aromatic N) is 4. The standard InChI is InChI=1S/C23H24N6O2/c1-15-5-10-18-19(13-15)26-20(25-18)14-24-22(30)23-27-21(28-31-23)16-6-8-17(9-7-16)29-11-3-2-4-12-29/h5-10,13H,2-4,11-12,14H2,1H3,(H,24,30)(H,25,26). The van der Waals surface area contributed by atoms with Crippen molar-refractivity contribution in [3.8, 4) is 11.4 Å². The van der Waals surface area contributed by atoms with Crippen molar-refractivity contribution in [3.05, 3.63) is 59.7 Å². The summed E-state index contributed by atoms with van der Waals surface area (Å²) in [4.78, 5) is 26.8. The molecule has 1 aliphatic heterocycles. The first kappa shape index (κ1) is 19.3. The molecule has 1 fully saturated rings. The summed E-state index contributed by atoms with van der Waals surface area (Å²) in [5.74, 6) is 0.568. The number of nitrogens with one attached hydrogen (secondary N) is 2. The highest BCUT2D eigenvalue weighted by Crippen LogP contribution is 2.23. The van der Waals surface area contributed by atoms with Crippen LogP contribution in [0.15, 0.2) is 47.0 Å². The van der Waals surface area contributed by atoms with E-state index in [0.29, 0.717) is 11.6 Å². The van der Waals surface area contributed by atoms with Crippen LogP contribution in [0.2, 0.25) is 0 Å². The van der Waals surface area contributed by atoms with Gasteiger partial charge in [-0.2, -0.15) is 4.98 Å². The maximum absolute atomic E-state index is 12.4. The molecule has 1 amide bonds.